The monoisotopic (exact) mass is 417 g/mol. The standard InChI is InChI=1S/C11H8BrClF3N3O2S/c12-8-2-1-3-9(10(8)13)18-22(20,21)7-4-17-19(5-7)6-11(14,15)16/h1-5,18H,6H2. The van der Waals surface area contributed by atoms with E-state index in [2.05, 4.69) is 25.8 Å². The van der Waals surface area contributed by atoms with Gasteiger partial charge in [0.25, 0.3) is 10.0 Å². The molecule has 1 heterocycles. The predicted molar refractivity (Wildman–Crippen MR) is 78.2 cm³/mol. The summed E-state index contributed by atoms with van der Waals surface area (Å²) >= 11 is 9.07. The Labute approximate surface area is 137 Å². The fraction of sp³-hybridized carbons (Fsp3) is 0.182. The molecular weight excluding hydrogens is 411 g/mol. The number of rotatable bonds is 4. The van der Waals surface area contributed by atoms with Crippen molar-refractivity contribution < 1.29 is 21.6 Å². The highest BCUT2D eigenvalue weighted by Gasteiger charge is 2.29. The summed E-state index contributed by atoms with van der Waals surface area (Å²) in [6.45, 7) is -1.37. The molecule has 1 aromatic carbocycles. The quantitative estimate of drug-likeness (QED) is 0.824. The van der Waals surface area contributed by atoms with Crippen molar-refractivity contribution in [2.75, 3.05) is 4.72 Å². The van der Waals surface area contributed by atoms with E-state index in [9.17, 15) is 21.6 Å². The topological polar surface area (TPSA) is 64.0 Å². The summed E-state index contributed by atoms with van der Waals surface area (Å²) in [6, 6.07) is 4.59. The second-order valence-electron chi connectivity index (χ2n) is 4.20. The zero-order chi connectivity index (χ0) is 16.5. The molecule has 0 spiro atoms. The van der Waals surface area contributed by atoms with Crippen molar-refractivity contribution >= 4 is 43.2 Å². The molecule has 5 nitrogen and oxygen atoms in total. The van der Waals surface area contributed by atoms with E-state index in [0.29, 0.717) is 9.15 Å². The first-order valence-electron chi connectivity index (χ1n) is 5.64. The van der Waals surface area contributed by atoms with Gasteiger partial charge in [0, 0.05) is 10.7 Å². The van der Waals surface area contributed by atoms with Gasteiger partial charge in [-0.3, -0.25) is 9.40 Å². The molecule has 0 aliphatic heterocycles. The lowest BCUT2D eigenvalue weighted by molar-refractivity contribution is -0.142. The lowest BCUT2D eigenvalue weighted by atomic mass is 10.3. The maximum Gasteiger partial charge on any atom is 0.408 e. The molecule has 1 aromatic heterocycles. The van der Waals surface area contributed by atoms with Crippen LogP contribution < -0.4 is 4.72 Å². The van der Waals surface area contributed by atoms with E-state index in [1.54, 1.807) is 12.1 Å². The van der Waals surface area contributed by atoms with Gasteiger partial charge in [0.2, 0.25) is 0 Å². The number of hydrogen-bond acceptors (Lipinski definition) is 3. The van der Waals surface area contributed by atoms with Crippen molar-refractivity contribution in [2.24, 2.45) is 0 Å². The van der Waals surface area contributed by atoms with E-state index >= 15 is 0 Å². The molecule has 2 aromatic rings. The Bertz CT molecular complexity index is 792. The number of nitrogens with zero attached hydrogens (tertiary/aromatic N) is 2. The average molecular weight is 419 g/mol. The first-order chi connectivity index (χ1) is 10.1. The second kappa shape index (κ2) is 6.09. The summed E-state index contributed by atoms with van der Waals surface area (Å²) < 4.78 is 64.1. The third kappa shape index (κ3) is 4.14. The maximum atomic E-state index is 12.2. The van der Waals surface area contributed by atoms with Gasteiger partial charge in [-0.05, 0) is 28.1 Å². The fourth-order valence-electron chi connectivity index (χ4n) is 1.54. The molecule has 11 heteroatoms. The van der Waals surface area contributed by atoms with Crippen LogP contribution in [0.5, 0.6) is 0 Å². The molecule has 0 aliphatic rings. The van der Waals surface area contributed by atoms with Crippen LogP contribution in [-0.2, 0) is 16.6 Å². The van der Waals surface area contributed by atoms with Gasteiger partial charge in [-0.15, -0.1) is 0 Å². The highest BCUT2D eigenvalue weighted by Crippen LogP contribution is 2.31. The smallest absolute Gasteiger partial charge is 0.278 e. The molecule has 0 saturated carbocycles. The molecule has 0 saturated heterocycles. The number of aromatic nitrogens is 2. The normalized spacial score (nSPS) is 12.4. The van der Waals surface area contributed by atoms with Gasteiger partial charge in [-0.1, -0.05) is 17.7 Å². The summed E-state index contributed by atoms with van der Waals surface area (Å²) in [7, 11) is -4.09. The van der Waals surface area contributed by atoms with E-state index in [4.69, 9.17) is 11.6 Å². The molecule has 0 amide bonds. The summed E-state index contributed by atoms with van der Waals surface area (Å²) in [5.74, 6) is 0. The van der Waals surface area contributed by atoms with Crippen molar-refractivity contribution in [2.45, 2.75) is 17.6 Å². The summed E-state index contributed by atoms with van der Waals surface area (Å²) in [4.78, 5) is -0.396. The average Bonchev–Trinajstić information content (AvgIpc) is 2.82. The molecule has 120 valence electrons. The molecule has 0 fully saturated rings. The highest BCUT2D eigenvalue weighted by atomic mass is 79.9. The lowest BCUT2D eigenvalue weighted by Gasteiger charge is -2.09. The first kappa shape index (κ1) is 17.1. The van der Waals surface area contributed by atoms with Gasteiger partial charge in [0.1, 0.15) is 11.4 Å². The minimum Gasteiger partial charge on any atom is -0.278 e. The molecule has 0 unspecified atom stereocenters. The SMILES string of the molecule is O=S(=O)(Nc1cccc(Br)c1Cl)c1cnn(CC(F)(F)F)c1. The zero-order valence-corrected chi connectivity index (χ0v) is 13.8. The van der Waals surface area contributed by atoms with E-state index in [1.165, 1.54) is 6.07 Å². The Balaban J connectivity index is 2.26. The number of benzene rings is 1. The van der Waals surface area contributed by atoms with E-state index < -0.39 is 27.6 Å². The summed E-state index contributed by atoms with van der Waals surface area (Å²) in [5.41, 5.74) is 0.0969. The second-order valence-corrected chi connectivity index (χ2v) is 7.11. The van der Waals surface area contributed by atoms with Crippen molar-refractivity contribution in [1.29, 1.82) is 0 Å². The third-order valence-electron chi connectivity index (χ3n) is 2.46. The molecule has 1 N–H and O–H groups in total. The molecule has 2 rings (SSSR count). The maximum absolute atomic E-state index is 12.2. The Morgan fingerprint density at radius 3 is 2.68 bits per heavy atom. The van der Waals surface area contributed by atoms with Crippen LogP contribution in [0.25, 0.3) is 0 Å². The number of alkyl halides is 3. The number of halogens is 5. The van der Waals surface area contributed by atoms with Gasteiger partial charge in [-0.2, -0.15) is 18.3 Å². The minimum atomic E-state index is -4.49. The lowest BCUT2D eigenvalue weighted by Crippen LogP contribution is -2.18. The summed E-state index contributed by atoms with van der Waals surface area (Å²) in [6.07, 6.45) is -2.87. The number of anilines is 1. The first-order valence-corrected chi connectivity index (χ1v) is 8.30. The van der Waals surface area contributed by atoms with Crippen molar-refractivity contribution in [3.05, 3.63) is 40.1 Å². The summed E-state index contributed by atoms with van der Waals surface area (Å²) in [5, 5.41) is 3.52. The van der Waals surface area contributed by atoms with Crippen LogP contribution >= 0.6 is 27.5 Å². The highest BCUT2D eigenvalue weighted by molar-refractivity contribution is 9.10. The van der Waals surface area contributed by atoms with Gasteiger partial charge in [0.05, 0.1) is 16.9 Å². The Morgan fingerprint density at radius 1 is 1.36 bits per heavy atom. The largest absolute Gasteiger partial charge is 0.408 e. The number of hydrogen-bond donors (Lipinski definition) is 1. The minimum absolute atomic E-state index is 0.0969. The fourth-order valence-corrected chi connectivity index (χ4v) is 3.16. The third-order valence-corrected chi connectivity index (χ3v) is 5.07. The van der Waals surface area contributed by atoms with Crippen LogP contribution in [0.4, 0.5) is 18.9 Å². The molecule has 0 atom stereocenters. The van der Waals surface area contributed by atoms with Crippen molar-refractivity contribution in [1.82, 2.24) is 9.78 Å². The van der Waals surface area contributed by atoms with Crippen LogP contribution in [0.15, 0.2) is 40.0 Å². The van der Waals surface area contributed by atoms with Crippen LogP contribution in [0.2, 0.25) is 5.02 Å². The number of sulfonamides is 1. The van der Waals surface area contributed by atoms with Gasteiger partial charge in [0.15, 0.2) is 0 Å². The van der Waals surface area contributed by atoms with Gasteiger partial charge >= 0.3 is 6.18 Å². The van der Waals surface area contributed by atoms with Crippen LogP contribution in [-0.4, -0.2) is 24.4 Å². The van der Waals surface area contributed by atoms with Crippen molar-refractivity contribution in [3.63, 3.8) is 0 Å². The molecular formula is C11H8BrClF3N3O2S. The Kier molecular flexibility index (Phi) is 4.73. The Hall–Kier alpha value is -1.26. The van der Waals surface area contributed by atoms with Gasteiger partial charge in [-0.25, -0.2) is 8.42 Å². The number of nitrogens with one attached hydrogen (secondary N) is 1. The molecule has 0 radical (unpaired) electrons. The Morgan fingerprint density at radius 2 is 2.05 bits per heavy atom. The van der Waals surface area contributed by atoms with Crippen LogP contribution in [0, 0.1) is 0 Å². The molecule has 0 bridgehead atoms. The van der Waals surface area contributed by atoms with Gasteiger partial charge < -0.3 is 0 Å². The molecule has 0 aliphatic carbocycles. The zero-order valence-electron chi connectivity index (χ0n) is 10.6. The van der Waals surface area contributed by atoms with E-state index in [1.807, 2.05) is 0 Å². The predicted octanol–water partition coefficient (Wildman–Crippen LogP) is 3.66. The van der Waals surface area contributed by atoms with E-state index in [0.717, 1.165) is 12.4 Å². The molecule has 22 heavy (non-hydrogen) atoms. The van der Waals surface area contributed by atoms with E-state index in [-0.39, 0.29) is 10.7 Å². The van der Waals surface area contributed by atoms with Crippen LogP contribution in [0.1, 0.15) is 0 Å². The van der Waals surface area contributed by atoms with Crippen LogP contribution in [0.3, 0.4) is 0 Å². The van der Waals surface area contributed by atoms with Crippen molar-refractivity contribution in [3.8, 4) is 0 Å².